The Morgan fingerprint density at radius 2 is 1.60 bits per heavy atom. The monoisotopic (exact) mass is 340 g/mol. The van der Waals surface area contributed by atoms with Gasteiger partial charge in [0.1, 0.15) is 0 Å². The second-order valence-electron chi connectivity index (χ2n) is 6.37. The molecule has 0 aliphatic heterocycles. The van der Waals surface area contributed by atoms with Crippen LogP contribution in [0, 0.1) is 0 Å². The molecule has 0 bridgehead atoms. The Morgan fingerprint density at radius 3 is 2.20 bits per heavy atom. The second-order valence-corrected chi connectivity index (χ2v) is 6.37. The zero-order valence-corrected chi connectivity index (χ0v) is 14.7. The van der Waals surface area contributed by atoms with Gasteiger partial charge in [0, 0.05) is 16.9 Å². The number of hydrogen-bond donors (Lipinski definition) is 3. The number of aliphatic hydroxyl groups is 1. The summed E-state index contributed by atoms with van der Waals surface area (Å²) in [5, 5.41) is 14.8. The summed E-state index contributed by atoms with van der Waals surface area (Å²) in [4.78, 5) is 24.1. The van der Waals surface area contributed by atoms with Gasteiger partial charge in [0.2, 0.25) is 5.91 Å². The van der Waals surface area contributed by atoms with Gasteiger partial charge in [-0.05, 0) is 48.7 Å². The first kappa shape index (κ1) is 18.7. The SMILES string of the molecule is CC(O)CC(=O)Nc1ccc(C(=O)Nc2ccccc2C(C)C)cc1. The van der Waals surface area contributed by atoms with Crippen molar-refractivity contribution in [3.05, 3.63) is 59.7 Å². The molecule has 0 fully saturated rings. The number of nitrogens with one attached hydrogen (secondary N) is 2. The zero-order valence-electron chi connectivity index (χ0n) is 14.7. The molecule has 2 aromatic carbocycles. The van der Waals surface area contributed by atoms with E-state index in [4.69, 9.17) is 0 Å². The van der Waals surface area contributed by atoms with E-state index in [0.29, 0.717) is 17.2 Å². The van der Waals surface area contributed by atoms with Gasteiger partial charge in [-0.2, -0.15) is 0 Å². The normalized spacial score (nSPS) is 11.9. The van der Waals surface area contributed by atoms with Crippen molar-refractivity contribution in [2.75, 3.05) is 10.6 Å². The molecule has 0 aromatic heterocycles. The highest BCUT2D eigenvalue weighted by atomic mass is 16.3. The van der Waals surface area contributed by atoms with Crippen LogP contribution >= 0.6 is 0 Å². The van der Waals surface area contributed by atoms with Gasteiger partial charge in [0.05, 0.1) is 12.5 Å². The van der Waals surface area contributed by atoms with E-state index in [1.54, 1.807) is 31.2 Å². The van der Waals surface area contributed by atoms with Crippen LogP contribution in [0.1, 0.15) is 49.0 Å². The van der Waals surface area contributed by atoms with E-state index < -0.39 is 6.10 Å². The third kappa shape index (κ3) is 5.43. The number of anilines is 2. The van der Waals surface area contributed by atoms with Crippen molar-refractivity contribution < 1.29 is 14.7 Å². The van der Waals surface area contributed by atoms with Crippen LogP contribution in [0.15, 0.2) is 48.5 Å². The largest absolute Gasteiger partial charge is 0.393 e. The summed E-state index contributed by atoms with van der Waals surface area (Å²) < 4.78 is 0. The van der Waals surface area contributed by atoms with E-state index in [9.17, 15) is 14.7 Å². The average Bonchev–Trinajstić information content (AvgIpc) is 2.55. The van der Waals surface area contributed by atoms with Gasteiger partial charge >= 0.3 is 0 Å². The summed E-state index contributed by atoms with van der Waals surface area (Å²) in [5.74, 6) is -0.156. The lowest BCUT2D eigenvalue weighted by Crippen LogP contribution is -2.17. The maximum Gasteiger partial charge on any atom is 0.255 e. The minimum absolute atomic E-state index is 0.0359. The summed E-state index contributed by atoms with van der Waals surface area (Å²) in [6, 6.07) is 14.4. The predicted octanol–water partition coefficient (Wildman–Crippen LogP) is 3.77. The highest BCUT2D eigenvalue weighted by molar-refractivity contribution is 6.05. The average molecular weight is 340 g/mol. The van der Waals surface area contributed by atoms with Crippen LogP contribution in [0.5, 0.6) is 0 Å². The number of aliphatic hydroxyl groups excluding tert-OH is 1. The summed E-state index contributed by atoms with van der Waals surface area (Å²) in [7, 11) is 0. The molecule has 132 valence electrons. The summed E-state index contributed by atoms with van der Waals surface area (Å²) in [6.07, 6.45) is -0.653. The Balaban J connectivity index is 2.05. The van der Waals surface area contributed by atoms with Gasteiger partial charge in [-0.25, -0.2) is 0 Å². The van der Waals surface area contributed by atoms with E-state index >= 15 is 0 Å². The van der Waals surface area contributed by atoms with Gasteiger partial charge in [-0.15, -0.1) is 0 Å². The van der Waals surface area contributed by atoms with Gasteiger partial charge in [0.15, 0.2) is 0 Å². The summed E-state index contributed by atoms with van der Waals surface area (Å²) in [6.45, 7) is 5.72. The number of amides is 2. The molecule has 0 radical (unpaired) electrons. The zero-order chi connectivity index (χ0) is 18.4. The molecule has 0 saturated heterocycles. The van der Waals surface area contributed by atoms with Gasteiger partial charge in [-0.1, -0.05) is 32.0 Å². The fourth-order valence-electron chi connectivity index (χ4n) is 2.49. The van der Waals surface area contributed by atoms with Gasteiger partial charge in [-0.3, -0.25) is 9.59 Å². The summed E-state index contributed by atoms with van der Waals surface area (Å²) in [5.41, 5.74) is 2.98. The smallest absolute Gasteiger partial charge is 0.255 e. The van der Waals surface area contributed by atoms with Crippen LogP contribution in [-0.2, 0) is 4.79 Å². The maximum absolute atomic E-state index is 12.4. The number of para-hydroxylation sites is 1. The molecule has 5 heteroatoms. The van der Waals surface area contributed by atoms with Crippen molar-refractivity contribution in [2.24, 2.45) is 0 Å². The van der Waals surface area contributed by atoms with E-state index in [1.165, 1.54) is 0 Å². The van der Waals surface area contributed by atoms with Crippen molar-refractivity contribution in [1.82, 2.24) is 0 Å². The lowest BCUT2D eigenvalue weighted by molar-refractivity contribution is -0.117. The number of hydrogen-bond acceptors (Lipinski definition) is 3. The second kappa shape index (κ2) is 8.44. The lowest BCUT2D eigenvalue weighted by atomic mass is 10.0. The Morgan fingerprint density at radius 1 is 0.960 bits per heavy atom. The fraction of sp³-hybridized carbons (Fsp3) is 0.300. The number of rotatable bonds is 6. The van der Waals surface area contributed by atoms with Crippen molar-refractivity contribution in [3.8, 4) is 0 Å². The molecule has 1 unspecified atom stereocenters. The van der Waals surface area contributed by atoms with Crippen LogP contribution in [0.25, 0.3) is 0 Å². The highest BCUT2D eigenvalue weighted by Gasteiger charge is 2.11. The summed E-state index contributed by atoms with van der Waals surface area (Å²) >= 11 is 0. The van der Waals surface area contributed by atoms with Crippen molar-refractivity contribution in [2.45, 2.75) is 39.2 Å². The molecule has 0 heterocycles. The first-order chi connectivity index (χ1) is 11.9. The van der Waals surface area contributed by atoms with Gasteiger partial charge < -0.3 is 15.7 Å². The van der Waals surface area contributed by atoms with E-state index in [0.717, 1.165) is 11.3 Å². The third-order valence-electron chi connectivity index (χ3n) is 3.74. The first-order valence-corrected chi connectivity index (χ1v) is 8.35. The topological polar surface area (TPSA) is 78.4 Å². The Hall–Kier alpha value is -2.66. The molecule has 0 saturated carbocycles. The van der Waals surface area contributed by atoms with E-state index in [2.05, 4.69) is 24.5 Å². The first-order valence-electron chi connectivity index (χ1n) is 8.35. The van der Waals surface area contributed by atoms with Crippen LogP contribution in [0.2, 0.25) is 0 Å². The molecule has 1 atom stereocenters. The molecule has 2 amide bonds. The quantitative estimate of drug-likeness (QED) is 0.749. The molecule has 0 aliphatic carbocycles. The standard InChI is InChI=1S/C20H24N2O3/c1-13(2)17-6-4-5-7-18(17)22-20(25)15-8-10-16(11-9-15)21-19(24)12-14(3)23/h4-11,13-14,23H,12H2,1-3H3,(H,21,24)(H,22,25). The van der Waals surface area contributed by atoms with Crippen molar-refractivity contribution in [1.29, 1.82) is 0 Å². The molecule has 2 rings (SSSR count). The van der Waals surface area contributed by atoms with Crippen molar-refractivity contribution >= 4 is 23.2 Å². The molecule has 0 aliphatic rings. The molecule has 3 N–H and O–H groups in total. The Bertz CT molecular complexity index is 737. The van der Waals surface area contributed by atoms with Gasteiger partial charge in [0.25, 0.3) is 5.91 Å². The fourth-order valence-corrected chi connectivity index (χ4v) is 2.49. The highest BCUT2D eigenvalue weighted by Crippen LogP contribution is 2.24. The predicted molar refractivity (Wildman–Crippen MR) is 99.9 cm³/mol. The molecule has 0 spiro atoms. The van der Waals surface area contributed by atoms with Crippen molar-refractivity contribution in [3.63, 3.8) is 0 Å². The number of benzene rings is 2. The maximum atomic E-state index is 12.4. The minimum atomic E-state index is -0.689. The molecule has 5 nitrogen and oxygen atoms in total. The molecular formula is C20H24N2O3. The molecule has 2 aromatic rings. The van der Waals surface area contributed by atoms with E-state index in [-0.39, 0.29) is 18.2 Å². The lowest BCUT2D eigenvalue weighted by Gasteiger charge is -2.14. The number of carbonyl (C=O) groups excluding carboxylic acids is 2. The van der Waals surface area contributed by atoms with Crippen LogP contribution in [0.4, 0.5) is 11.4 Å². The number of carbonyl (C=O) groups is 2. The third-order valence-corrected chi connectivity index (χ3v) is 3.74. The molecule has 25 heavy (non-hydrogen) atoms. The van der Waals surface area contributed by atoms with Crippen LogP contribution in [0.3, 0.4) is 0 Å². The molecular weight excluding hydrogens is 316 g/mol. The van der Waals surface area contributed by atoms with Crippen LogP contribution in [-0.4, -0.2) is 23.0 Å². The van der Waals surface area contributed by atoms with E-state index in [1.807, 2.05) is 24.3 Å². The van der Waals surface area contributed by atoms with Crippen LogP contribution < -0.4 is 10.6 Å². The Kier molecular flexibility index (Phi) is 6.31. The minimum Gasteiger partial charge on any atom is -0.393 e. The Labute approximate surface area is 148 Å².